The number of nitrogens with one attached hydrogen (secondary N) is 1. The van der Waals surface area contributed by atoms with E-state index in [9.17, 15) is 9.59 Å². The van der Waals surface area contributed by atoms with Crippen LogP contribution < -0.4 is 5.48 Å². The first-order valence-corrected chi connectivity index (χ1v) is 5.88. The molecule has 1 N–H and O–H groups in total. The van der Waals surface area contributed by atoms with E-state index in [1.165, 1.54) is 0 Å². The van der Waals surface area contributed by atoms with Gasteiger partial charge in [0.15, 0.2) is 0 Å². The quantitative estimate of drug-likeness (QED) is 0.817. The molecule has 0 fully saturated rings. The number of unbranched alkanes of at least 4 members (excludes halogenated alkanes) is 1. The van der Waals surface area contributed by atoms with Crippen molar-refractivity contribution in [2.24, 2.45) is 0 Å². The molecule has 0 aliphatic carbocycles. The first kappa shape index (κ1) is 14.0. The van der Waals surface area contributed by atoms with Gasteiger partial charge in [0.05, 0.1) is 0 Å². The van der Waals surface area contributed by atoms with Crippen LogP contribution in [0.2, 0.25) is 0 Å². The van der Waals surface area contributed by atoms with Crippen molar-refractivity contribution in [3.63, 3.8) is 0 Å². The molecule has 0 saturated carbocycles. The summed E-state index contributed by atoms with van der Waals surface area (Å²) in [6.45, 7) is 2.11. The van der Waals surface area contributed by atoms with Gasteiger partial charge in [0.2, 0.25) is 0 Å². The molecule has 0 atom stereocenters. The monoisotopic (exact) mass is 251 g/mol. The van der Waals surface area contributed by atoms with E-state index < -0.39 is 12.1 Å². The molecule has 0 saturated heterocycles. The first-order valence-electron chi connectivity index (χ1n) is 5.88. The number of carbonyl (C=O) groups is 2. The summed E-state index contributed by atoms with van der Waals surface area (Å²) in [6, 6.07) is 9.24. The van der Waals surface area contributed by atoms with E-state index in [1.54, 1.807) is 0 Å². The van der Waals surface area contributed by atoms with E-state index in [-0.39, 0.29) is 13.0 Å². The third-order valence-electron chi connectivity index (χ3n) is 2.20. The van der Waals surface area contributed by atoms with E-state index in [2.05, 4.69) is 4.84 Å². The molecule has 1 amide bonds. The molecule has 0 aliphatic rings. The number of amides is 1. The highest BCUT2D eigenvalue weighted by Gasteiger charge is 2.07. The van der Waals surface area contributed by atoms with Crippen LogP contribution in [-0.2, 0) is 21.0 Å². The molecular weight excluding hydrogens is 234 g/mol. The fourth-order valence-corrected chi connectivity index (χ4v) is 1.22. The number of carbonyl (C=O) groups excluding carboxylic acids is 2. The summed E-state index contributed by atoms with van der Waals surface area (Å²) in [5.41, 5.74) is 2.82. The fraction of sp³-hybridized carbons (Fsp3) is 0.385. The first-order chi connectivity index (χ1) is 8.72. The van der Waals surface area contributed by atoms with Gasteiger partial charge in [-0.15, -0.1) is 5.48 Å². The molecule has 5 nitrogen and oxygen atoms in total. The van der Waals surface area contributed by atoms with Crippen LogP contribution in [0.25, 0.3) is 0 Å². The van der Waals surface area contributed by atoms with E-state index >= 15 is 0 Å². The Morgan fingerprint density at radius 2 is 1.94 bits per heavy atom. The summed E-state index contributed by atoms with van der Waals surface area (Å²) in [4.78, 5) is 26.8. The second-order valence-corrected chi connectivity index (χ2v) is 3.74. The van der Waals surface area contributed by atoms with Crippen molar-refractivity contribution in [2.45, 2.75) is 32.8 Å². The predicted molar refractivity (Wildman–Crippen MR) is 65.4 cm³/mol. The average Bonchev–Trinajstić information content (AvgIpc) is 2.41. The van der Waals surface area contributed by atoms with Gasteiger partial charge in [0, 0.05) is 6.42 Å². The van der Waals surface area contributed by atoms with E-state index in [0.717, 1.165) is 18.4 Å². The van der Waals surface area contributed by atoms with E-state index in [4.69, 9.17) is 4.74 Å². The lowest BCUT2D eigenvalue weighted by molar-refractivity contribution is -0.150. The molecule has 18 heavy (non-hydrogen) atoms. The second-order valence-electron chi connectivity index (χ2n) is 3.74. The third-order valence-corrected chi connectivity index (χ3v) is 2.20. The normalized spacial score (nSPS) is 9.61. The molecule has 0 heterocycles. The minimum absolute atomic E-state index is 0.138. The Bertz CT molecular complexity index is 378. The number of hydrogen-bond donors (Lipinski definition) is 1. The van der Waals surface area contributed by atoms with Gasteiger partial charge in [0.25, 0.3) is 0 Å². The molecule has 0 aliphatic heterocycles. The smallest absolute Gasteiger partial charge is 0.441 e. The van der Waals surface area contributed by atoms with Crippen molar-refractivity contribution >= 4 is 12.1 Å². The minimum atomic E-state index is -0.774. The highest BCUT2D eigenvalue weighted by atomic mass is 16.7. The number of hydrogen-bond acceptors (Lipinski definition) is 4. The Morgan fingerprint density at radius 1 is 1.22 bits per heavy atom. The highest BCUT2D eigenvalue weighted by Crippen LogP contribution is 2.00. The summed E-state index contributed by atoms with van der Waals surface area (Å²) < 4.78 is 4.86. The Kier molecular flexibility index (Phi) is 6.32. The van der Waals surface area contributed by atoms with Crippen LogP contribution >= 0.6 is 0 Å². The van der Waals surface area contributed by atoms with Crippen molar-refractivity contribution in [1.29, 1.82) is 0 Å². The van der Waals surface area contributed by atoms with Crippen LogP contribution in [0.4, 0.5) is 4.79 Å². The minimum Gasteiger partial charge on any atom is -0.443 e. The molecule has 0 aromatic heterocycles. The molecule has 1 aromatic rings. The fourth-order valence-electron chi connectivity index (χ4n) is 1.22. The Labute approximate surface area is 106 Å². The maximum Gasteiger partial charge on any atom is 0.441 e. The van der Waals surface area contributed by atoms with Crippen molar-refractivity contribution in [2.75, 3.05) is 0 Å². The summed E-state index contributed by atoms with van der Waals surface area (Å²) in [5.74, 6) is -0.464. The van der Waals surface area contributed by atoms with Gasteiger partial charge in [0.1, 0.15) is 6.61 Å². The van der Waals surface area contributed by atoms with E-state index in [0.29, 0.717) is 0 Å². The Morgan fingerprint density at radius 3 is 2.61 bits per heavy atom. The summed E-state index contributed by atoms with van der Waals surface area (Å²) in [7, 11) is 0. The molecule has 0 radical (unpaired) electrons. The van der Waals surface area contributed by atoms with Gasteiger partial charge < -0.3 is 9.57 Å². The SMILES string of the molecule is CCCCC(=O)ONC(=O)OCc1ccccc1. The van der Waals surface area contributed by atoms with E-state index in [1.807, 2.05) is 42.7 Å². The molecule has 0 bridgehead atoms. The van der Waals surface area contributed by atoms with Gasteiger partial charge in [-0.25, -0.2) is 9.59 Å². The van der Waals surface area contributed by atoms with Crippen LogP contribution in [0.1, 0.15) is 31.7 Å². The summed E-state index contributed by atoms with van der Waals surface area (Å²) in [5, 5.41) is 0. The van der Waals surface area contributed by atoms with Gasteiger partial charge in [-0.3, -0.25) is 0 Å². The zero-order valence-corrected chi connectivity index (χ0v) is 10.3. The molecule has 5 heteroatoms. The average molecular weight is 251 g/mol. The number of hydroxylamine groups is 1. The Hall–Kier alpha value is -2.04. The molecule has 0 unspecified atom stereocenters. The second kappa shape index (κ2) is 8.11. The van der Waals surface area contributed by atoms with Crippen molar-refractivity contribution in [1.82, 2.24) is 5.48 Å². The molecule has 1 aromatic carbocycles. The lowest BCUT2D eigenvalue weighted by Crippen LogP contribution is -2.27. The zero-order chi connectivity index (χ0) is 13.2. The van der Waals surface area contributed by atoms with Gasteiger partial charge in [-0.1, -0.05) is 43.7 Å². The lowest BCUT2D eigenvalue weighted by Gasteiger charge is -2.06. The van der Waals surface area contributed by atoms with Crippen molar-refractivity contribution in [3.05, 3.63) is 35.9 Å². The van der Waals surface area contributed by atoms with Crippen LogP contribution in [0, 0.1) is 0 Å². The van der Waals surface area contributed by atoms with Gasteiger partial charge in [-0.2, -0.15) is 0 Å². The maximum absolute atomic E-state index is 11.2. The zero-order valence-electron chi connectivity index (χ0n) is 10.3. The summed E-state index contributed by atoms with van der Waals surface area (Å²) >= 11 is 0. The molecule has 0 spiro atoms. The topological polar surface area (TPSA) is 64.6 Å². The lowest BCUT2D eigenvalue weighted by atomic mass is 10.2. The Balaban J connectivity index is 2.16. The third kappa shape index (κ3) is 5.89. The number of ether oxygens (including phenoxy) is 1. The number of rotatable bonds is 5. The largest absolute Gasteiger partial charge is 0.443 e. The standard InChI is InChI=1S/C13H17NO4/c1-2-3-9-12(15)18-14-13(16)17-10-11-7-5-4-6-8-11/h4-8H,2-3,9-10H2,1H3,(H,14,16). The van der Waals surface area contributed by atoms with Gasteiger partial charge >= 0.3 is 12.1 Å². The van der Waals surface area contributed by atoms with Crippen LogP contribution in [0.3, 0.4) is 0 Å². The van der Waals surface area contributed by atoms with Crippen LogP contribution in [0.5, 0.6) is 0 Å². The highest BCUT2D eigenvalue weighted by molar-refractivity contribution is 5.73. The molecular formula is C13H17NO4. The summed E-state index contributed by atoms with van der Waals surface area (Å²) in [6.07, 6.45) is 1.14. The van der Waals surface area contributed by atoms with Crippen LogP contribution in [-0.4, -0.2) is 12.1 Å². The molecule has 98 valence electrons. The number of benzene rings is 1. The molecule has 1 rings (SSSR count). The van der Waals surface area contributed by atoms with Crippen molar-refractivity contribution < 1.29 is 19.2 Å². The maximum atomic E-state index is 11.2. The van der Waals surface area contributed by atoms with Gasteiger partial charge in [-0.05, 0) is 12.0 Å². The van der Waals surface area contributed by atoms with Crippen LogP contribution in [0.15, 0.2) is 30.3 Å². The van der Waals surface area contributed by atoms with Crippen molar-refractivity contribution in [3.8, 4) is 0 Å². The predicted octanol–water partition coefficient (Wildman–Crippen LogP) is 2.56.